The Morgan fingerprint density at radius 1 is 1.35 bits per heavy atom. The molecule has 0 spiro atoms. The van der Waals surface area contributed by atoms with Crippen molar-refractivity contribution < 1.29 is 4.74 Å². The lowest BCUT2D eigenvalue weighted by molar-refractivity contribution is 0.273. The number of nitrogens with zero attached hydrogens (tertiary/aromatic N) is 1. The number of hydrogen-bond acceptors (Lipinski definition) is 3. The first-order valence-corrected chi connectivity index (χ1v) is 6.82. The fourth-order valence-electron chi connectivity index (χ4n) is 1.42. The van der Waals surface area contributed by atoms with Crippen molar-refractivity contribution in [2.45, 2.75) is 32.4 Å². The third-order valence-electron chi connectivity index (χ3n) is 2.09. The molecule has 2 atom stereocenters. The summed E-state index contributed by atoms with van der Waals surface area (Å²) in [7, 11) is 0. The summed E-state index contributed by atoms with van der Waals surface area (Å²) in [6.45, 7) is 3.67. The van der Waals surface area contributed by atoms with Gasteiger partial charge in [-0.15, -0.1) is 0 Å². The zero-order chi connectivity index (χ0) is 13.0. The summed E-state index contributed by atoms with van der Waals surface area (Å²) in [5.41, 5.74) is 6.88. The van der Waals surface area contributed by atoms with Crippen molar-refractivity contribution in [2.24, 2.45) is 5.73 Å². The summed E-state index contributed by atoms with van der Waals surface area (Å²) in [5, 5.41) is 8.73. The molecule has 17 heavy (non-hydrogen) atoms. The van der Waals surface area contributed by atoms with Crippen molar-refractivity contribution in [2.75, 3.05) is 0 Å². The molecule has 3 nitrogen and oxygen atoms in total. The molecule has 0 fully saturated rings. The molecule has 0 aliphatic carbocycles. The molecule has 5 heteroatoms. The molecule has 1 rings (SSSR count). The molecule has 0 amide bonds. The van der Waals surface area contributed by atoms with Gasteiger partial charge in [-0.2, -0.15) is 5.26 Å². The van der Waals surface area contributed by atoms with Gasteiger partial charge in [-0.3, -0.25) is 0 Å². The van der Waals surface area contributed by atoms with Gasteiger partial charge in [0.1, 0.15) is 11.8 Å². The maximum absolute atomic E-state index is 8.73. The summed E-state index contributed by atoms with van der Waals surface area (Å²) >= 11 is 6.88. The van der Waals surface area contributed by atoms with E-state index in [4.69, 9.17) is 15.7 Å². The molecule has 0 aromatic heterocycles. The number of hydrogen-bond donors (Lipinski definition) is 1. The smallest absolute Gasteiger partial charge is 0.181 e. The van der Waals surface area contributed by atoms with Crippen molar-refractivity contribution in [3.05, 3.63) is 26.6 Å². The molecule has 2 unspecified atom stereocenters. The maximum Gasteiger partial charge on any atom is 0.181 e. The molecule has 0 radical (unpaired) electrons. The Kier molecular flexibility index (Phi) is 5.44. The normalized spacial score (nSPS) is 13.9. The zero-order valence-corrected chi connectivity index (χ0v) is 12.9. The Bertz CT molecular complexity index is 418. The van der Waals surface area contributed by atoms with Crippen LogP contribution in [0.15, 0.2) is 21.1 Å². The molecule has 0 bridgehead atoms. The van der Waals surface area contributed by atoms with Crippen LogP contribution in [0.2, 0.25) is 0 Å². The van der Waals surface area contributed by atoms with Crippen molar-refractivity contribution in [3.63, 3.8) is 0 Å². The van der Waals surface area contributed by atoms with E-state index in [1.165, 1.54) is 0 Å². The predicted octanol–water partition coefficient (Wildman–Crippen LogP) is 3.39. The minimum Gasteiger partial charge on any atom is -0.474 e. The summed E-state index contributed by atoms with van der Waals surface area (Å²) in [4.78, 5) is 0. The van der Waals surface area contributed by atoms with Gasteiger partial charge in [0.25, 0.3) is 0 Å². The number of benzene rings is 1. The summed E-state index contributed by atoms with van der Waals surface area (Å²) in [6, 6.07) is 6.07. The second kappa shape index (κ2) is 6.39. The van der Waals surface area contributed by atoms with Crippen LogP contribution in [0.5, 0.6) is 5.75 Å². The van der Waals surface area contributed by atoms with Crippen LogP contribution in [-0.4, -0.2) is 12.1 Å². The van der Waals surface area contributed by atoms with E-state index in [9.17, 15) is 0 Å². The second-order valence-electron chi connectivity index (χ2n) is 3.96. The molecule has 92 valence electrons. The van der Waals surface area contributed by atoms with Crippen molar-refractivity contribution in [1.82, 2.24) is 0 Å². The molecule has 0 aliphatic rings. The van der Waals surface area contributed by atoms with Gasteiger partial charge in [0.15, 0.2) is 6.10 Å². The number of rotatable bonds is 4. The van der Waals surface area contributed by atoms with Crippen molar-refractivity contribution >= 4 is 31.9 Å². The largest absolute Gasteiger partial charge is 0.474 e. The first-order valence-electron chi connectivity index (χ1n) is 5.23. The third-order valence-corrected chi connectivity index (χ3v) is 3.27. The van der Waals surface area contributed by atoms with Gasteiger partial charge < -0.3 is 10.5 Å². The van der Waals surface area contributed by atoms with Gasteiger partial charge in [0.05, 0.1) is 8.95 Å². The fraction of sp³-hybridized carbons (Fsp3) is 0.417. The number of ether oxygens (including phenoxy) is 1. The van der Waals surface area contributed by atoms with Crippen LogP contribution < -0.4 is 10.5 Å². The van der Waals surface area contributed by atoms with Gasteiger partial charge in [-0.05, 0) is 69.8 Å². The molecule has 0 heterocycles. The fourth-order valence-corrected chi connectivity index (χ4v) is 2.89. The topological polar surface area (TPSA) is 59.0 Å². The van der Waals surface area contributed by atoms with E-state index in [0.717, 1.165) is 20.9 Å². The summed E-state index contributed by atoms with van der Waals surface area (Å²) in [5.74, 6) is 0.646. The van der Waals surface area contributed by atoms with Gasteiger partial charge in [0, 0.05) is 6.04 Å². The number of halogens is 2. The molecule has 0 saturated carbocycles. The standard InChI is InChI=1S/C12H14Br2N2O/c1-7(16)3-9-4-10(13)12(11(14)5-9)17-8(2)6-15/h4-5,7-8H,3,16H2,1-2H3. The van der Waals surface area contributed by atoms with E-state index in [-0.39, 0.29) is 6.04 Å². The Morgan fingerprint density at radius 2 is 1.88 bits per heavy atom. The highest BCUT2D eigenvalue weighted by atomic mass is 79.9. The minimum atomic E-state index is -0.484. The van der Waals surface area contributed by atoms with Crippen LogP contribution in [-0.2, 0) is 6.42 Å². The predicted molar refractivity (Wildman–Crippen MR) is 74.9 cm³/mol. The first-order chi connectivity index (χ1) is 7.93. The first kappa shape index (κ1) is 14.5. The van der Waals surface area contributed by atoms with Crippen LogP contribution >= 0.6 is 31.9 Å². The monoisotopic (exact) mass is 360 g/mol. The van der Waals surface area contributed by atoms with Gasteiger partial charge >= 0.3 is 0 Å². The SMILES string of the molecule is CC(N)Cc1cc(Br)c(OC(C)C#N)c(Br)c1. The van der Waals surface area contributed by atoms with Crippen LogP contribution in [0.25, 0.3) is 0 Å². The average Bonchev–Trinajstić information content (AvgIpc) is 2.22. The van der Waals surface area contributed by atoms with E-state index in [0.29, 0.717) is 5.75 Å². The van der Waals surface area contributed by atoms with Crippen molar-refractivity contribution in [1.29, 1.82) is 5.26 Å². The van der Waals surface area contributed by atoms with Crippen LogP contribution in [0.1, 0.15) is 19.4 Å². The third kappa shape index (κ3) is 4.30. The van der Waals surface area contributed by atoms with Crippen LogP contribution in [0, 0.1) is 11.3 Å². The maximum atomic E-state index is 8.73. The second-order valence-corrected chi connectivity index (χ2v) is 5.67. The molecule has 1 aromatic carbocycles. The highest BCUT2D eigenvalue weighted by Crippen LogP contribution is 2.35. The Morgan fingerprint density at radius 3 is 2.29 bits per heavy atom. The quantitative estimate of drug-likeness (QED) is 0.894. The Labute approximate surface area is 118 Å². The van der Waals surface area contributed by atoms with Gasteiger partial charge in [-0.1, -0.05) is 0 Å². The highest BCUT2D eigenvalue weighted by Gasteiger charge is 2.12. The molecular weight excluding hydrogens is 348 g/mol. The van der Waals surface area contributed by atoms with Gasteiger partial charge in [0.2, 0.25) is 0 Å². The molecular formula is C12H14Br2N2O. The van der Waals surface area contributed by atoms with E-state index in [1.807, 2.05) is 25.1 Å². The lowest BCUT2D eigenvalue weighted by atomic mass is 10.1. The zero-order valence-electron chi connectivity index (χ0n) is 9.71. The lowest BCUT2D eigenvalue weighted by Gasteiger charge is -2.14. The average molecular weight is 362 g/mol. The Hall–Kier alpha value is -0.570. The number of nitriles is 1. The van der Waals surface area contributed by atoms with Crippen LogP contribution in [0.4, 0.5) is 0 Å². The van der Waals surface area contributed by atoms with E-state index in [1.54, 1.807) is 6.92 Å². The molecule has 1 aromatic rings. The summed E-state index contributed by atoms with van der Waals surface area (Å²) < 4.78 is 7.15. The lowest BCUT2D eigenvalue weighted by Crippen LogP contribution is -2.18. The van der Waals surface area contributed by atoms with Crippen LogP contribution in [0.3, 0.4) is 0 Å². The van der Waals surface area contributed by atoms with Crippen molar-refractivity contribution in [3.8, 4) is 11.8 Å². The number of nitrogens with two attached hydrogens (primary N) is 1. The van der Waals surface area contributed by atoms with E-state index in [2.05, 4.69) is 31.9 Å². The van der Waals surface area contributed by atoms with E-state index >= 15 is 0 Å². The molecule has 0 saturated heterocycles. The Balaban J connectivity index is 2.99. The molecule has 2 N–H and O–H groups in total. The van der Waals surface area contributed by atoms with Gasteiger partial charge in [-0.25, -0.2) is 0 Å². The minimum absolute atomic E-state index is 0.110. The molecule has 0 aliphatic heterocycles. The highest BCUT2D eigenvalue weighted by molar-refractivity contribution is 9.11. The van der Waals surface area contributed by atoms with E-state index < -0.39 is 6.10 Å². The summed E-state index contributed by atoms with van der Waals surface area (Å²) in [6.07, 6.45) is 0.313.